The summed E-state index contributed by atoms with van der Waals surface area (Å²) >= 11 is 0. The van der Waals surface area contributed by atoms with Crippen LogP contribution in [0.4, 0.5) is 4.79 Å². The van der Waals surface area contributed by atoms with Crippen LogP contribution in [0.15, 0.2) is 18.3 Å². The Kier molecular flexibility index (Phi) is 5.01. The van der Waals surface area contributed by atoms with Crippen molar-refractivity contribution in [1.29, 1.82) is 0 Å². The molecule has 1 aromatic rings. The Hall–Kier alpha value is -1.78. The Morgan fingerprint density at radius 1 is 1.37 bits per heavy atom. The minimum Gasteiger partial charge on any atom is -0.497 e. The van der Waals surface area contributed by atoms with Gasteiger partial charge in [0.1, 0.15) is 5.75 Å². The molecule has 2 amide bonds. The number of carbonyl (C=O) groups excluding carboxylic acids is 1. The van der Waals surface area contributed by atoms with Gasteiger partial charge in [-0.1, -0.05) is 12.8 Å². The summed E-state index contributed by atoms with van der Waals surface area (Å²) in [7, 11) is 1.62. The van der Waals surface area contributed by atoms with Gasteiger partial charge in [-0.15, -0.1) is 0 Å². The van der Waals surface area contributed by atoms with E-state index in [0.717, 1.165) is 37.4 Å². The zero-order chi connectivity index (χ0) is 13.5. The number of nitrogens with zero attached hydrogens (tertiary/aromatic N) is 2. The highest BCUT2D eigenvalue weighted by molar-refractivity contribution is 5.74. The molecule has 5 heteroatoms. The second kappa shape index (κ2) is 6.97. The first-order valence-electron chi connectivity index (χ1n) is 6.81. The van der Waals surface area contributed by atoms with E-state index in [1.54, 1.807) is 19.4 Å². The highest BCUT2D eigenvalue weighted by Crippen LogP contribution is 2.11. The zero-order valence-electron chi connectivity index (χ0n) is 11.4. The average Bonchev–Trinajstić information content (AvgIpc) is 2.74. The third-order valence-electron chi connectivity index (χ3n) is 3.34. The molecule has 2 rings (SSSR count). The molecule has 5 nitrogen and oxygen atoms in total. The van der Waals surface area contributed by atoms with Crippen LogP contribution in [-0.4, -0.2) is 36.1 Å². The molecule has 0 aromatic carbocycles. The Morgan fingerprint density at radius 3 is 2.79 bits per heavy atom. The van der Waals surface area contributed by atoms with Crippen LogP contribution in [0, 0.1) is 0 Å². The molecule has 1 aromatic heterocycles. The number of aromatic nitrogens is 1. The van der Waals surface area contributed by atoms with E-state index < -0.39 is 0 Å². The molecule has 104 valence electrons. The van der Waals surface area contributed by atoms with Crippen molar-refractivity contribution in [3.05, 3.63) is 24.0 Å². The van der Waals surface area contributed by atoms with Gasteiger partial charge in [-0.2, -0.15) is 0 Å². The molecule has 0 spiro atoms. The number of likely N-dealkylation sites (tertiary alicyclic amines) is 1. The van der Waals surface area contributed by atoms with Gasteiger partial charge in [0.05, 0.1) is 19.3 Å². The van der Waals surface area contributed by atoms with Crippen molar-refractivity contribution in [1.82, 2.24) is 15.2 Å². The number of rotatable bonds is 3. The lowest BCUT2D eigenvalue weighted by molar-refractivity contribution is 0.199. The lowest BCUT2D eigenvalue weighted by Gasteiger charge is -2.20. The van der Waals surface area contributed by atoms with E-state index in [2.05, 4.69) is 10.3 Å². The molecule has 0 saturated carbocycles. The molecule has 19 heavy (non-hydrogen) atoms. The summed E-state index contributed by atoms with van der Waals surface area (Å²) in [5.74, 6) is 0.758. The van der Waals surface area contributed by atoms with E-state index in [1.165, 1.54) is 12.8 Å². The molecule has 2 heterocycles. The molecule has 1 aliphatic rings. The first-order chi connectivity index (χ1) is 9.29. The topological polar surface area (TPSA) is 54.5 Å². The predicted octanol–water partition coefficient (Wildman–Crippen LogP) is 2.18. The monoisotopic (exact) mass is 263 g/mol. The van der Waals surface area contributed by atoms with Crippen molar-refractivity contribution in [2.75, 3.05) is 20.2 Å². The maximum Gasteiger partial charge on any atom is 0.317 e. The summed E-state index contributed by atoms with van der Waals surface area (Å²) in [6, 6.07) is 3.63. The van der Waals surface area contributed by atoms with Gasteiger partial charge in [0.15, 0.2) is 0 Å². The van der Waals surface area contributed by atoms with Gasteiger partial charge >= 0.3 is 6.03 Å². The number of methoxy groups -OCH3 is 1. The fourth-order valence-electron chi connectivity index (χ4n) is 2.23. The fourth-order valence-corrected chi connectivity index (χ4v) is 2.23. The number of hydrogen-bond donors (Lipinski definition) is 1. The highest BCUT2D eigenvalue weighted by Gasteiger charge is 2.14. The van der Waals surface area contributed by atoms with Crippen LogP contribution in [0.2, 0.25) is 0 Å². The van der Waals surface area contributed by atoms with E-state index in [-0.39, 0.29) is 6.03 Å². The summed E-state index contributed by atoms with van der Waals surface area (Å²) in [5, 5.41) is 2.92. The van der Waals surface area contributed by atoms with Gasteiger partial charge in [-0.25, -0.2) is 4.79 Å². The normalized spacial score (nSPS) is 15.7. The van der Waals surface area contributed by atoms with Crippen molar-refractivity contribution in [2.45, 2.75) is 32.2 Å². The SMILES string of the molecule is COc1ccnc(CNC(=O)N2CCCCCC2)c1. The molecular weight excluding hydrogens is 242 g/mol. The van der Waals surface area contributed by atoms with Gasteiger partial charge < -0.3 is 15.0 Å². The molecule has 0 atom stereocenters. The number of amides is 2. The van der Waals surface area contributed by atoms with Crippen molar-refractivity contribution >= 4 is 6.03 Å². The Labute approximate surface area is 114 Å². The van der Waals surface area contributed by atoms with Crippen LogP contribution in [0.25, 0.3) is 0 Å². The third kappa shape index (κ3) is 4.12. The number of carbonyl (C=O) groups is 1. The molecular formula is C14H21N3O2. The minimum absolute atomic E-state index is 0.00604. The third-order valence-corrected chi connectivity index (χ3v) is 3.34. The van der Waals surface area contributed by atoms with E-state index in [9.17, 15) is 4.79 Å². The molecule has 0 radical (unpaired) electrons. The maximum absolute atomic E-state index is 12.0. The van der Waals surface area contributed by atoms with Crippen molar-refractivity contribution in [2.24, 2.45) is 0 Å². The van der Waals surface area contributed by atoms with Gasteiger partial charge in [-0.05, 0) is 18.9 Å². The fraction of sp³-hybridized carbons (Fsp3) is 0.571. The van der Waals surface area contributed by atoms with Crippen LogP contribution in [0.5, 0.6) is 5.75 Å². The van der Waals surface area contributed by atoms with Gasteiger partial charge in [0, 0.05) is 25.4 Å². The van der Waals surface area contributed by atoms with Crippen LogP contribution >= 0.6 is 0 Å². The second-order valence-corrected chi connectivity index (χ2v) is 4.75. The van der Waals surface area contributed by atoms with E-state index in [1.807, 2.05) is 11.0 Å². The molecule has 1 aliphatic heterocycles. The number of hydrogen-bond acceptors (Lipinski definition) is 3. The quantitative estimate of drug-likeness (QED) is 0.909. The number of ether oxygens (including phenoxy) is 1. The standard InChI is InChI=1S/C14H21N3O2/c1-19-13-6-7-15-12(10-13)11-16-14(18)17-8-4-2-3-5-9-17/h6-7,10H,2-5,8-9,11H2,1H3,(H,16,18). The first kappa shape index (κ1) is 13.6. The van der Waals surface area contributed by atoms with Crippen molar-refractivity contribution < 1.29 is 9.53 Å². The minimum atomic E-state index is 0.00604. The number of pyridine rings is 1. The Morgan fingerprint density at radius 2 is 2.11 bits per heavy atom. The average molecular weight is 263 g/mol. The number of urea groups is 1. The van der Waals surface area contributed by atoms with Crippen LogP contribution in [0.1, 0.15) is 31.4 Å². The molecule has 0 aliphatic carbocycles. The zero-order valence-corrected chi connectivity index (χ0v) is 11.4. The molecule has 0 unspecified atom stereocenters. The van der Waals surface area contributed by atoms with E-state index >= 15 is 0 Å². The van der Waals surface area contributed by atoms with E-state index in [0.29, 0.717) is 6.54 Å². The largest absolute Gasteiger partial charge is 0.497 e. The molecule has 1 saturated heterocycles. The van der Waals surface area contributed by atoms with Crippen molar-refractivity contribution in [3.63, 3.8) is 0 Å². The van der Waals surface area contributed by atoms with Crippen LogP contribution < -0.4 is 10.1 Å². The Balaban J connectivity index is 1.84. The summed E-state index contributed by atoms with van der Waals surface area (Å²) in [5.41, 5.74) is 0.808. The Bertz CT molecular complexity index is 415. The smallest absolute Gasteiger partial charge is 0.317 e. The summed E-state index contributed by atoms with van der Waals surface area (Å²) in [6.45, 7) is 2.15. The maximum atomic E-state index is 12.0. The summed E-state index contributed by atoms with van der Waals surface area (Å²) < 4.78 is 5.13. The van der Waals surface area contributed by atoms with Gasteiger partial charge in [0.25, 0.3) is 0 Å². The van der Waals surface area contributed by atoms with Gasteiger partial charge in [-0.3, -0.25) is 4.98 Å². The number of nitrogens with one attached hydrogen (secondary N) is 1. The summed E-state index contributed by atoms with van der Waals surface area (Å²) in [6.07, 6.45) is 6.34. The lowest BCUT2D eigenvalue weighted by Crippen LogP contribution is -2.40. The second-order valence-electron chi connectivity index (χ2n) is 4.75. The highest BCUT2D eigenvalue weighted by atomic mass is 16.5. The van der Waals surface area contributed by atoms with Crippen LogP contribution in [-0.2, 0) is 6.54 Å². The molecule has 0 bridgehead atoms. The predicted molar refractivity (Wildman–Crippen MR) is 73.1 cm³/mol. The summed E-state index contributed by atoms with van der Waals surface area (Å²) in [4.78, 5) is 18.1. The first-order valence-corrected chi connectivity index (χ1v) is 6.81. The molecule has 1 N–H and O–H groups in total. The van der Waals surface area contributed by atoms with Crippen LogP contribution in [0.3, 0.4) is 0 Å². The van der Waals surface area contributed by atoms with E-state index in [4.69, 9.17) is 4.74 Å². The lowest BCUT2D eigenvalue weighted by atomic mass is 10.2. The molecule has 1 fully saturated rings. The van der Waals surface area contributed by atoms with Gasteiger partial charge in [0.2, 0.25) is 0 Å². The van der Waals surface area contributed by atoms with Crippen molar-refractivity contribution in [3.8, 4) is 5.75 Å².